The van der Waals surface area contributed by atoms with E-state index in [2.05, 4.69) is 86.8 Å². The zero-order chi connectivity index (χ0) is 68.6. The number of allylic oxidation sites excluding steroid dienone is 12. The molecule has 0 aromatic carbocycles. The highest BCUT2D eigenvalue weighted by molar-refractivity contribution is 7.47. The van der Waals surface area contributed by atoms with Crippen molar-refractivity contribution in [2.45, 2.75) is 431 Å². The first-order valence-corrected chi connectivity index (χ1v) is 42.9. The van der Waals surface area contributed by atoms with Crippen LogP contribution in [0.2, 0.25) is 0 Å². The van der Waals surface area contributed by atoms with E-state index in [-0.39, 0.29) is 38.6 Å². The Balaban J connectivity index is 3.74. The van der Waals surface area contributed by atoms with Crippen molar-refractivity contribution >= 4 is 19.8 Å². The van der Waals surface area contributed by atoms with Crippen LogP contribution in [0.1, 0.15) is 425 Å². The summed E-state index contributed by atoms with van der Waals surface area (Å²) >= 11 is 0. The number of ether oxygens (including phenoxy) is 2. The molecule has 556 valence electrons. The molecule has 2 atom stereocenters. The number of phosphoric ester groups is 1. The molecular weight excluding hydrogens is 1190 g/mol. The predicted molar refractivity (Wildman–Crippen MR) is 413 cm³/mol. The van der Waals surface area contributed by atoms with Gasteiger partial charge in [-0.3, -0.25) is 18.6 Å². The van der Waals surface area contributed by atoms with Crippen LogP contribution < -0.4 is 5.73 Å². The van der Waals surface area contributed by atoms with Crippen molar-refractivity contribution in [1.29, 1.82) is 0 Å². The first kappa shape index (κ1) is 92.4. The molecule has 95 heavy (non-hydrogen) atoms. The lowest BCUT2D eigenvalue weighted by Crippen LogP contribution is -2.29. The predicted octanol–water partition coefficient (Wildman–Crippen LogP) is 27.9. The van der Waals surface area contributed by atoms with Crippen molar-refractivity contribution < 1.29 is 37.6 Å². The van der Waals surface area contributed by atoms with Crippen LogP contribution in [0.25, 0.3) is 0 Å². The fraction of sp³-hybridized carbons (Fsp3) is 0.835. The van der Waals surface area contributed by atoms with Gasteiger partial charge < -0.3 is 20.1 Å². The Hall–Kier alpha value is -2.55. The van der Waals surface area contributed by atoms with Gasteiger partial charge in [0.25, 0.3) is 0 Å². The van der Waals surface area contributed by atoms with E-state index < -0.39 is 26.5 Å². The van der Waals surface area contributed by atoms with Crippen LogP contribution in [0, 0.1) is 0 Å². The monoisotopic (exact) mass is 1350 g/mol. The second-order valence-corrected chi connectivity index (χ2v) is 29.4. The van der Waals surface area contributed by atoms with E-state index in [9.17, 15) is 19.0 Å². The minimum absolute atomic E-state index is 0.0554. The van der Waals surface area contributed by atoms with Gasteiger partial charge in [0.2, 0.25) is 0 Å². The highest BCUT2D eigenvalue weighted by atomic mass is 31.2. The fourth-order valence-electron chi connectivity index (χ4n) is 12.5. The average Bonchev–Trinajstić information content (AvgIpc) is 2.64. The Bertz CT molecular complexity index is 1790. The smallest absolute Gasteiger partial charge is 0.462 e. The summed E-state index contributed by atoms with van der Waals surface area (Å²) in [4.78, 5) is 35.5. The van der Waals surface area contributed by atoms with Gasteiger partial charge in [-0.25, -0.2) is 4.57 Å². The second kappa shape index (κ2) is 80.4. The van der Waals surface area contributed by atoms with E-state index in [4.69, 9.17) is 24.3 Å². The van der Waals surface area contributed by atoms with E-state index in [0.717, 1.165) is 64.2 Å². The molecule has 0 radical (unpaired) electrons. The number of carbonyl (C=O) groups excluding carboxylic acids is 2. The van der Waals surface area contributed by atoms with Crippen LogP contribution in [0.5, 0.6) is 0 Å². The summed E-state index contributed by atoms with van der Waals surface area (Å²) in [6.45, 7) is 3.70. The van der Waals surface area contributed by atoms with Crippen LogP contribution in [-0.4, -0.2) is 49.3 Å². The molecule has 0 fully saturated rings. The summed E-state index contributed by atoms with van der Waals surface area (Å²) < 4.78 is 33.3. The molecule has 0 aliphatic carbocycles. The molecule has 0 aromatic heterocycles. The summed E-state index contributed by atoms with van der Waals surface area (Å²) in [5.41, 5.74) is 5.42. The third-order valence-corrected chi connectivity index (χ3v) is 19.6. The van der Waals surface area contributed by atoms with Gasteiger partial charge in [0, 0.05) is 19.4 Å². The number of rotatable bonds is 79. The topological polar surface area (TPSA) is 134 Å². The van der Waals surface area contributed by atoms with Gasteiger partial charge in [0.05, 0.1) is 13.2 Å². The molecular formula is C85H158NO8P. The Morgan fingerprint density at radius 1 is 0.326 bits per heavy atom. The molecule has 0 saturated heterocycles. The summed E-state index contributed by atoms with van der Waals surface area (Å²) in [6, 6.07) is 0. The van der Waals surface area contributed by atoms with Crippen molar-refractivity contribution in [3.05, 3.63) is 72.9 Å². The Kier molecular flexibility index (Phi) is 78.3. The Labute approximate surface area is 590 Å². The number of hydrogen-bond acceptors (Lipinski definition) is 8. The van der Waals surface area contributed by atoms with Gasteiger partial charge >= 0.3 is 19.8 Å². The van der Waals surface area contributed by atoms with E-state index >= 15 is 0 Å². The van der Waals surface area contributed by atoms with Crippen LogP contribution in [0.3, 0.4) is 0 Å². The lowest BCUT2D eigenvalue weighted by Gasteiger charge is -2.19. The molecule has 10 heteroatoms. The van der Waals surface area contributed by atoms with Gasteiger partial charge in [0.15, 0.2) is 6.10 Å². The van der Waals surface area contributed by atoms with Crippen LogP contribution in [0.4, 0.5) is 0 Å². The van der Waals surface area contributed by atoms with E-state index in [1.165, 1.54) is 327 Å². The summed E-state index contributed by atoms with van der Waals surface area (Å²) in [5, 5.41) is 0. The van der Waals surface area contributed by atoms with E-state index in [0.29, 0.717) is 6.42 Å². The molecule has 0 aliphatic heterocycles. The fourth-order valence-corrected chi connectivity index (χ4v) is 13.3. The largest absolute Gasteiger partial charge is 0.472 e. The molecule has 0 aliphatic rings. The SMILES string of the molecule is CC/C=C\C/C=C\C/C=C\C/C=C\CCCCCCCCCCCCCCCCCCCCCCCCCCC(=O)OC(COC(=O)CCCCCCCCCCCCCCCCCCCCCCCCCCC/C=C\C/C=C\CCCCCCC)COP(=O)(O)OCCN. The summed E-state index contributed by atoms with van der Waals surface area (Å²) in [7, 11) is -4.40. The molecule has 0 spiro atoms. The molecule has 9 nitrogen and oxygen atoms in total. The molecule has 0 saturated carbocycles. The number of nitrogens with two attached hydrogens (primary N) is 1. The van der Waals surface area contributed by atoms with E-state index in [1.54, 1.807) is 0 Å². The number of hydrogen-bond donors (Lipinski definition) is 2. The second-order valence-electron chi connectivity index (χ2n) is 28.0. The summed E-state index contributed by atoms with van der Waals surface area (Å²) in [6.07, 6.45) is 108. The van der Waals surface area contributed by atoms with Crippen molar-refractivity contribution in [3.63, 3.8) is 0 Å². The molecule has 0 rings (SSSR count). The standard InChI is InChI=1S/C85H158NO8P/c1-3-5-7-9-11-13-15-17-19-21-23-25-27-29-31-33-35-37-39-41-43-45-47-49-51-53-55-57-59-61-63-65-67-69-71-73-75-77-84(87)91-81-83(82-93-95(89,90)92-80-79-86)94-85(88)78-76-74-72-70-68-66-64-62-60-58-56-54-52-50-48-46-44-42-40-38-36-34-32-30-28-26-24-22-20-18-16-14-12-10-8-6-4-2/h6,8,12,14-15,17-18,20-21,23-24,26,83H,3-5,7,9-11,13,16,19,22,25,27-82,86H2,1-2H3,(H,89,90)/b8-6-,14-12-,17-15-,20-18-,23-21-,26-24-. The van der Waals surface area contributed by atoms with Crippen molar-refractivity contribution in [3.8, 4) is 0 Å². The lowest BCUT2D eigenvalue weighted by atomic mass is 10.0. The summed E-state index contributed by atoms with van der Waals surface area (Å²) in [5.74, 6) is -0.803. The zero-order valence-electron chi connectivity index (χ0n) is 62.9. The highest BCUT2D eigenvalue weighted by Crippen LogP contribution is 2.43. The van der Waals surface area contributed by atoms with Gasteiger partial charge in [-0.15, -0.1) is 0 Å². The number of phosphoric acid groups is 1. The van der Waals surface area contributed by atoms with Gasteiger partial charge in [-0.2, -0.15) is 0 Å². The van der Waals surface area contributed by atoms with Crippen LogP contribution >= 0.6 is 7.82 Å². The number of carbonyl (C=O) groups is 2. The van der Waals surface area contributed by atoms with Gasteiger partial charge in [-0.1, -0.05) is 401 Å². The molecule has 0 heterocycles. The molecule has 0 aromatic rings. The highest BCUT2D eigenvalue weighted by Gasteiger charge is 2.26. The van der Waals surface area contributed by atoms with Gasteiger partial charge in [-0.05, 0) is 83.5 Å². The Morgan fingerprint density at radius 2 is 0.579 bits per heavy atom. The third-order valence-electron chi connectivity index (χ3n) is 18.6. The van der Waals surface area contributed by atoms with Crippen molar-refractivity contribution in [2.24, 2.45) is 5.73 Å². The van der Waals surface area contributed by atoms with Crippen LogP contribution in [-0.2, 0) is 32.7 Å². The maximum atomic E-state index is 12.8. The number of unbranched alkanes of at least 4 members (excludes halogenated alkanes) is 54. The van der Waals surface area contributed by atoms with Crippen molar-refractivity contribution in [2.75, 3.05) is 26.4 Å². The minimum atomic E-state index is -4.40. The number of esters is 2. The van der Waals surface area contributed by atoms with Crippen LogP contribution in [0.15, 0.2) is 72.9 Å². The Morgan fingerprint density at radius 3 is 0.863 bits per heavy atom. The molecule has 0 amide bonds. The lowest BCUT2D eigenvalue weighted by molar-refractivity contribution is -0.161. The normalized spacial score (nSPS) is 13.2. The molecule has 3 N–H and O–H groups in total. The zero-order valence-corrected chi connectivity index (χ0v) is 63.8. The van der Waals surface area contributed by atoms with Crippen molar-refractivity contribution in [1.82, 2.24) is 0 Å². The van der Waals surface area contributed by atoms with E-state index in [1.807, 2.05) is 0 Å². The first-order valence-electron chi connectivity index (χ1n) is 41.4. The maximum Gasteiger partial charge on any atom is 0.472 e. The third kappa shape index (κ3) is 80.3. The first-order chi connectivity index (χ1) is 46.8. The average molecular weight is 1350 g/mol. The maximum absolute atomic E-state index is 12.8. The minimum Gasteiger partial charge on any atom is -0.462 e. The molecule has 0 bridgehead atoms. The quantitative estimate of drug-likeness (QED) is 0.0264. The van der Waals surface area contributed by atoms with Gasteiger partial charge in [0.1, 0.15) is 6.61 Å². The molecule has 2 unspecified atom stereocenters.